The Morgan fingerprint density at radius 2 is 1.89 bits per heavy atom. The minimum Gasteiger partial charge on any atom is -0.395 e. The second-order valence-corrected chi connectivity index (χ2v) is 7.42. The lowest BCUT2D eigenvalue weighted by Crippen LogP contribution is -2.49. The Labute approximate surface area is 111 Å². The second kappa shape index (κ2) is 6.84. The van der Waals surface area contributed by atoms with E-state index in [1.807, 2.05) is 13.8 Å². The standard InChI is InChI=1S/C12H26N2O3S/c1-10(2)8-12(9-15)13-18(16,17)14-6-4-11(3)5-7-14/h10-13,15H,4-9H2,1-3H3. The summed E-state index contributed by atoms with van der Waals surface area (Å²) < 4.78 is 28.4. The fourth-order valence-corrected chi connectivity index (χ4v) is 3.67. The maximum atomic E-state index is 12.1. The maximum Gasteiger partial charge on any atom is 0.279 e. The van der Waals surface area contributed by atoms with Gasteiger partial charge in [-0.1, -0.05) is 20.8 Å². The zero-order valence-electron chi connectivity index (χ0n) is 11.6. The van der Waals surface area contributed by atoms with Gasteiger partial charge < -0.3 is 5.11 Å². The molecule has 0 amide bonds. The van der Waals surface area contributed by atoms with Gasteiger partial charge in [-0.25, -0.2) is 0 Å². The van der Waals surface area contributed by atoms with E-state index in [-0.39, 0.29) is 12.6 Å². The van der Waals surface area contributed by atoms with Crippen LogP contribution in [0, 0.1) is 11.8 Å². The van der Waals surface area contributed by atoms with Gasteiger partial charge in [-0.15, -0.1) is 0 Å². The van der Waals surface area contributed by atoms with Gasteiger partial charge in [-0.3, -0.25) is 0 Å². The molecule has 1 aliphatic rings. The van der Waals surface area contributed by atoms with Crippen molar-refractivity contribution in [2.24, 2.45) is 11.8 Å². The molecule has 5 nitrogen and oxygen atoms in total. The lowest BCUT2D eigenvalue weighted by Gasteiger charge is -2.31. The Balaban J connectivity index is 2.57. The van der Waals surface area contributed by atoms with Crippen LogP contribution in [0.15, 0.2) is 0 Å². The summed E-state index contributed by atoms with van der Waals surface area (Å²) in [5, 5.41) is 9.23. The average Bonchev–Trinajstić information content (AvgIpc) is 2.27. The lowest BCUT2D eigenvalue weighted by molar-refractivity contribution is 0.232. The molecule has 0 radical (unpaired) electrons. The first kappa shape index (κ1) is 15.9. The van der Waals surface area contributed by atoms with Crippen molar-refractivity contribution in [2.45, 2.75) is 46.1 Å². The van der Waals surface area contributed by atoms with E-state index in [1.54, 1.807) is 0 Å². The monoisotopic (exact) mass is 278 g/mol. The molecular formula is C12H26N2O3S. The predicted molar refractivity (Wildman–Crippen MR) is 72.4 cm³/mol. The maximum absolute atomic E-state index is 12.1. The number of aliphatic hydroxyl groups excluding tert-OH is 1. The van der Waals surface area contributed by atoms with Gasteiger partial charge in [0.2, 0.25) is 0 Å². The van der Waals surface area contributed by atoms with E-state index in [2.05, 4.69) is 11.6 Å². The smallest absolute Gasteiger partial charge is 0.279 e. The van der Waals surface area contributed by atoms with Crippen LogP contribution in [0.3, 0.4) is 0 Å². The third kappa shape index (κ3) is 4.84. The van der Waals surface area contributed by atoms with Crippen LogP contribution in [0.1, 0.15) is 40.0 Å². The summed E-state index contributed by atoms with van der Waals surface area (Å²) in [6.07, 6.45) is 2.48. The summed E-state index contributed by atoms with van der Waals surface area (Å²) in [4.78, 5) is 0. The number of aliphatic hydroxyl groups is 1. The van der Waals surface area contributed by atoms with Crippen LogP contribution in [-0.4, -0.2) is 43.6 Å². The number of piperidine rings is 1. The van der Waals surface area contributed by atoms with Crippen molar-refractivity contribution in [1.82, 2.24) is 9.03 Å². The third-order valence-corrected chi connectivity index (χ3v) is 5.05. The molecule has 0 aromatic rings. The Kier molecular flexibility index (Phi) is 6.04. The van der Waals surface area contributed by atoms with Crippen molar-refractivity contribution in [3.05, 3.63) is 0 Å². The highest BCUT2D eigenvalue weighted by molar-refractivity contribution is 7.87. The van der Waals surface area contributed by atoms with Gasteiger partial charge in [-0.2, -0.15) is 17.4 Å². The molecule has 1 atom stereocenters. The van der Waals surface area contributed by atoms with E-state index in [0.29, 0.717) is 31.3 Å². The molecule has 1 saturated heterocycles. The molecule has 0 saturated carbocycles. The lowest BCUT2D eigenvalue weighted by atomic mass is 10.0. The van der Waals surface area contributed by atoms with Crippen molar-refractivity contribution in [2.75, 3.05) is 19.7 Å². The molecule has 1 heterocycles. The Hall–Kier alpha value is -0.170. The molecule has 1 fully saturated rings. The number of nitrogens with one attached hydrogen (secondary N) is 1. The fraction of sp³-hybridized carbons (Fsp3) is 1.00. The van der Waals surface area contributed by atoms with Crippen LogP contribution < -0.4 is 4.72 Å². The zero-order valence-corrected chi connectivity index (χ0v) is 12.4. The van der Waals surface area contributed by atoms with E-state index in [9.17, 15) is 13.5 Å². The molecule has 1 rings (SSSR count). The topological polar surface area (TPSA) is 69.6 Å². The van der Waals surface area contributed by atoms with Crippen LogP contribution in [0.25, 0.3) is 0 Å². The average molecular weight is 278 g/mol. The van der Waals surface area contributed by atoms with Crippen molar-refractivity contribution in [3.63, 3.8) is 0 Å². The fourth-order valence-electron chi connectivity index (χ4n) is 2.24. The van der Waals surface area contributed by atoms with Crippen molar-refractivity contribution < 1.29 is 13.5 Å². The van der Waals surface area contributed by atoms with Crippen molar-refractivity contribution in [1.29, 1.82) is 0 Å². The zero-order chi connectivity index (χ0) is 13.8. The van der Waals surface area contributed by atoms with E-state index in [0.717, 1.165) is 12.8 Å². The molecule has 108 valence electrons. The highest BCUT2D eigenvalue weighted by atomic mass is 32.2. The minimum absolute atomic E-state index is 0.151. The molecule has 1 aliphatic heterocycles. The minimum atomic E-state index is -3.44. The summed E-state index contributed by atoms with van der Waals surface area (Å²) in [5.41, 5.74) is 0. The van der Waals surface area contributed by atoms with Gasteiger partial charge in [0.15, 0.2) is 0 Å². The second-order valence-electron chi connectivity index (χ2n) is 5.71. The molecule has 2 N–H and O–H groups in total. The van der Waals surface area contributed by atoms with E-state index in [1.165, 1.54) is 4.31 Å². The molecule has 0 aliphatic carbocycles. The van der Waals surface area contributed by atoms with Gasteiger partial charge in [0.05, 0.1) is 6.61 Å². The molecule has 18 heavy (non-hydrogen) atoms. The first-order valence-electron chi connectivity index (χ1n) is 6.73. The first-order valence-corrected chi connectivity index (χ1v) is 8.17. The van der Waals surface area contributed by atoms with Crippen LogP contribution in [0.2, 0.25) is 0 Å². The summed E-state index contributed by atoms with van der Waals surface area (Å²) in [5.74, 6) is 0.951. The molecule has 1 unspecified atom stereocenters. The molecule has 0 spiro atoms. The van der Waals surface area contributed by atoms with E-state index >= 15 is 0 Å². The normalized spacial score (nSPS) is 21.4. The van der Waals surface area contributed by atoms with E-state index in [4.69, 9.17) is 0 Å². The summed E-state index contributed by atoms with van der Waals surface area (Å²) >= 11 is 0. The molecule has 0 aromatic carbocycles. The Bertz CT molecular complexity index is 335. The SMILES string of the molecule is CC(C)CC(CO)NS(=O)(=O)N1CCC(C)CC1. The third-order valence-electron chi connectivity index (χ3n) is 3.37. The first-order chi connectivity index (χ1) is 8.35. The van der Waals surface area contributed by atoms with Gasteiger partial charge in [0.1, 0.15) is 0 Å². The largest absolute Gasteiger partial charge is 0.395 e. The molecule has 6 heteroatoms. The van der Waals surface area contributed by atoms with Gasteiger partial charge >= 0.3 is 0 Å². The van der Waals surface area contributed by atoms with Gasteiger partial charge in [-0.05, 0) is 31.1 Å². The van der Waals surface area contributed by atoms with E-state index < -0.39 is 10.2 Å². The van der Waals surface area contributed by atoms with Crippen molar-refractivity contribution in [3.8, 4) is 0 Å². The summed E-state index contributed by atoms with van der Waals surface area (Å²) in [6.45, 7) is 7.18. The Morgan fingerprint density at radius 1 is 1.33 bits per heavy atom. The number of hydrogen-bond acceptors (Lipinski definition) is 3. The van der Waals surface area contributed by atoms with Gasteiger partial charge in [0.25, 0.3) is 10.2 Å². The molecule has 0 bridgehead atoms. The highest BCUT2D eigenvalue weighted by Gasteiger charge is 2.28. The van der Waals surface area contributed by atoms with Crippen LogP contribution in [-0.2, 0) is 10.2 Å². The van der Waals surface area contributed by atoms with Gasteiger partial charge in [0, 0.05) is 19.1 Å². The highest BCUT2D eigenvalue weighted by Crippen LogP contribution is 2.18. The molecular weight excluding hydrogens is 252 g/mol. The summed E-state index contributed by atoms with van der Waals surface area (Å²) in [6, 6.07) is -0.380. The quantitative estimate of drug-likeness (QED) is 0.760. The number of rotatable bonds is 6. The summed E-state index contributed by atoms with van der Waals surface area (Å²) in [7, 11) is -3.44. The Morgan fingerprint density at radius 3 is 2.33 bits per heavy atom. The van der Waals surface area contributed by atoms with Crippen LogP contribution in [0.5, 0.6) is 0 Å². The van der Waals surface area contributed by atoms with Crippen LogP contribution in [0.4, 0.5) is 0 Å². The molecule has 0 aromatic heterocycles. The number of hydrogen-bond donors (Lipinski definition) is 2. The van der Waals surface area contributed by atoms with Crippen LogP contribution >= 0.6 is 0 Å². The number of nitrogens with zero attached hydrogens (tertiary/aromatic N) is 1. The van der Waals surface area contributed by atoms with Crippen molar-refractivity contribution >= 4 is 10.2 Å². The predicted octanol–water partition coefficient (Wildman–Crippen LogP) is 0.960.